The molecule has 1 aromatic heterocycles. The molecule has 0 aliphatic carbocycles. The van der Waals surface area contributed by atoms with Gasteiger partial charge in [0, 0.05) is 12.3 Å². The zero-order valence-corrected chi connectivity index (χ0v) is 16.4. The Balaban J connectivity index is 1.96. The number of hydrogen-bond donors (Lipinski definition) is 1. The zero-order chi connectivity index (χ0) is 20.4. The second kappa shape index (κ2) is 10.9. The predicted octanol–water partition coefficient (Wildman–Crippen LogP) is 3.38. The van der Waals surface area contributed by atoms with Crippen LogP contribution < -0.4 is 10.1 Å². The maximum atomic E-state index is 12.5. The minimum atomic E-state index is -0.704. The Kier molecular flexibility index (Phi) is 8.21. The van der Waals surface area contributed by atoms with Crippen molar-refractivity contribution < 1.29 is 19.1 Å². The molecule has 0 aliphatic heterocycles. The van der Waals surface area contributed by atoms with E-state index in [1.54, 1.807) is 31.6 Å². The number of carbonyl (C=O) groups is 2. The summed E-state index contributed by atoms with van der Waals surface area (Å²) in [4.78, 5) is 28.8. The van der Waals surface area contributed by atoms with Crippen LogP contribution in [0.2, 0.25) is 0 Å². The Morgan fingerprint density at radius 1 is 1.18 bits per heavy atom. The van der Waals surface area contributed by atoms with E-state index in [1.807, 2.05) is 44.2 Å². The smallest absolute Gasteiger partial charge is 0.328 e. The number of pyridine rings is 1. The second-order valence-electron chi connectivity index (χ2n) is 6.78. The molecule has 0 spiro atoms. The minimum Gasteiger partial charge on any atom is -0.495 e. The lowest BCUT2D eigenvalue weighted by atomic mass is 10.0. The number of carbonyl (C=O) groups excluding carboxylic acids is 2. The lowest BCUT2D eigenvalue weighted by Crippen LogP contribution is -2.42. The third-order valence-corrected chi connectivity index (χ3v) is 3.93. The highest BCUT2D eigenvalue weighted by Crippen LogP contribution is 2.12. The lowest BCUT2D eigenvalue weighted by molar-refractivity contribution is -0.149. The van der Waals surface area contributed by atoms with Gasteiger partial charge < -0.3 is 14.8 Å². The van der Waals surface area contributed by atoms with E-state index in [2.05, 4.69) is 10.3 Å². The van der Waals surface area contributed by atoms with E-state index < -0.39 is 12.0 Å². The van der Waals surface area contributed by atoms with Gasteiger partial charge in [-0.25, -0.2) is 4.79 Å². The highest BCUT2D eigenvalue weighted by atomic mass is 16.5. The van der Waals surface area contributed by atoms with Gasteiger partial charge in [-0.05, 0) is 35.6 Å². The molecule has 28 heavy (non-hydrogen) atoms. The maximum Gasteiger partial charge on any atom is 0.328 e. The van der Waals surface area contributed by atoms with E-state index >= 15 is 0 Å². The summed E-state index contributed by atoms with van der Waals surface area (Å²) in [5.41, 5.74) is 1.62. The number of nitrogens with one attached hydrogen (secondary N) is 1. The van der Waals surface area contributed by atoms with Gasteiger partial charge in [-0.15, -0.1) is 0 Å². The van der Waals surface area contributed by atoms with Crippen LogP contribution in [0, 0.1) is 5.92 Å². The van der Waals surface area contributed by atoms with Gasteiger partial charge >= 0.3 is 5.97 Å². The summed E-state index contributed by atoms with van der Waals surface area (Å²) >= 11 is 0. The zero-order valence-electron chi connectivity index (χ0n) is 16.4. The molecule has 0 saturated carbocycles. The standard InChI is InChI=1S/C22H26N2O4/c1-16(2)11-20(22(26)28-15-17-7-5-4-6-8-17)24-21(25)10-9-18-12-19(27-3)14-23-13-18/h4-10,12-14,16,20H,11,15H2,1-3H3,(H,24,25)/b10-9+/t20-/m0/s1. The molecule has 1 atom stereocenters. The van der Waals surface area contributed by atoms with Gasteiger partial charge in [0.05, 0.1) is 13.3 Å². The summed E-state index contributed by atoms with van der Waals surface area (Å²) in [6.07, 6.45) is 6.68. The Morgan fingerprint density at radius 2 is 1.93 bits per heavy atom. The van der Waals surface area contributed by atoms with E-state index in [0.29, 0.717) is 12.2 Å². The van der Waals surface area contributed by atoms with Gasteiger partial charge in [0.25, 0.3) is 0 Å². The van der Waals surface area contributed by atoms with Crippen LogP contribution in [0.3, 0.4) is 0 Å². The molecule has 1 heterocycles. The van der Waals surface area contributed by atoms with Crippen LogP contribution in [0.4, 0.5) is 0 Å². The van der Waals surface area contributed by atoms with Crippen LogP contribution in [0.15, 0.2) is 54.9 Å². The summed E-state index contributed by atoms with van der Waals surface area (Å²) in [7, 11) is 1.55. The van der Waals surface area contributed by atoms with Crippen molar-refractivity contribution >= 4 is 18.0 Å². The van der Waals surface area contributed by atoms with Crippen LogP contribution in [0.25, 0.3) is 6.08 Å². The fourth-order valence-corrected chi connectivity index (χ4v) is 2.54. The van der Waals surface area contributed by atoms with E-state index in [9.17, 15) is 9.59 Å². The van der Waals surface area contributed by atoms with Gasteiger partial charge in [0.1, 0.15) is 18.4 Å². The number of methoxy groups -OCH3 is 1. The van der Waals surface area contributed by atoms with Crippen LogP contribution >= 0.6 is 0 Å². The Bertz CT molecular complexity index is 803. The molecule has 6 nitrogen and oxygen atoms in total. The summed E-state index contributed by atoms with van der Waals surface area (Å²) in [6.45, 7) is 4.15. The third-order valence-electron chi connectivity index (χ3n) is 3.93. The number of aromatic nitrogens is 1. The van der Waals surface area contributed by atoms with E-state index in [4.69, 9.17) is 9.47 Å². The molecule has 0 radical (unpaired) electrons. The van der Waals surface area contributed by atoms with Crippen molar-refractivity contribution in [2.45, 2.75) is 32.9 Å². The van der Waals surface area contributed by atoms with Crippen LogP contribution in [0.5, 0.6) is 5.75 Å². The molecule has 2 rings (SSSR count). The summed E-state index contributed by atoms with van der Waals surface area (Å²) in [6, 6.07) is 10.5. The molecular formula is C22H26N2O4. The number of esters is 1. The van der Waals surface area contributed by atoms with Crippen LogP contribution in [-0.2, 0) is 20.9 Å². The van der Waals surface area contributed by atoms with Crippen LogP contribution in [0.1, 0.15) is 31.4 Å². The van der Waals surface area contributed by atoms with Crippen molar-refractivity contribution in [3.63, 3.8) is 0 Å². The fourth-order valence-electron chi connectivity index (χ4n) is 2.54. The Morgan fingerprint density at radius 3 is 2.61 bits per heavy atom. The molecule has 0 fully saturated rings. The molecule has 1 amide bonds. The van der Waals surface area contributed by atoms with Crippen molar-refractivity contribution in [1.82, 2.24) is 10.3 Å². The van der Waals surface area contributed by atoms with Crippen molar-refractivity contribution in [3.05, 3.63) is 66.0 Å². The summed E-state index contributed by atoms with van der Waals surface area (Å²) < 4.78 is 10.5. The number of ether oxygens (including phenoxy) is 2. The first kappa shape index (κ1) is 21.2. The Labute approximate surface area is 165 Å². The van der Waals surface area contributed by atoms with Gasteiger partial charge in [0.15, 0.2) is 0 Å². The molecule has 0 bridgehead atoms. The number of amides is 1. The average molecular weight is 382 g/mol. The molecule has 1 N–H and O–H groups in total. The number of benzene rings is 1. The van der Waals surface area contributed by atoms with Crippen molar-refractivity contribution in [2.24, 2.45) is 5.92 Å². The van der Waals surface area contributed by atoms with E-state index in [0.717, 1.165) is 11.1 Å². The summed E-state index contributed by atoms with van der Waals surface area (Å²) in [5.74, 6) is 0.0124. The first-order chi connectivity index (χ1) is 13.5. The molecule has 6 heteroatoms. The molecule has 0 saturated heterocycles. The largest absolute Gasteiger partial charge is 0.495 e. The highest BCUT2D eigenvalue weighted by Gasteiger charge is 2.22. The molecule has 0 unspecified atom stereocenters. The maximum absolute atomic E-state index is 12.5. The third kappa shape index (κ3) is 7.23. The van der Waals surface area contributed by atoms with Gasteiger partial charge in [-0.1, -0.05) is 44.2 Å². The van der Waals surface area contributed by atoms with E-state index in [-0.39, 0.29) is 18.4 Å². The van der Waals surface area contributed by atoms with E-state index in [1.165, 1.54) is 6.08 Å². The van der Waals surface area contributed by atoms with Crippen LogP contribution in [-0.4, -0.2) is 30.0 Å². The number of nitrogens with zero attached hydrogens (tertiary/aromatic N) is 1. The number of rotatable bonds is 9. The molecule has 2 aromatic rings. The SMILES string of the molecule is COc1cncc(/C=C/C(=O)N[C@@H](CC(C)C)C(=O)OCc2ccccc2)c1. The van der Waals surface area contributed by atoms with Gasteiger partial charge in [-0.2, -0.15) is 0 Å². The highest BCUT2D eigenvalue weighted by molar-refractivity contribution is 5.94. The van der Waals surface area contributed by atoms with Gasteiger partial charge in [0.2, 0.25) is 5.91 Å². The minimum absolute atomic E-state index is 0.176. The Hall–Kier alpha value is -3.15. The molecular weight excluding hydrogens is 356 g/mol. The van der Waals surface area contributed by atoms with Crippen molar-refractivity contribution in [2.75, 3.05) is 7.11 Å². The normalized spacial score (nSPS) is 12.0. The van der Waals surface area contributed by atoms with Crippen molar-refractivity contribution in [3.8, 4) is 5.75 Å². The van der Waals surface area contributed by atoms with Crippen molar-refractivity contribution in [1.29, 1.82) is 0 Å². The quantitative estimate of drug-likeness (QED) is 0.531. The lowest BCUT2D eigenvalue weighted by Gasteiger charge is -2.18. The molecule has 0 aliphatic rings. The van der Waals surface area contributed by atoms with Gasteiger partial charge in [-0.3, -0.25) is 9.78 Å². The average Bonchev–Trinajstić information content (AvgIpc) is 2.70. The monoisotopic (exact) mass is 382 g/mol. The predicted molar refractivity (Wildman–Crippen MR) is 107 cm³/mol. The fraction of sp³-hybridized carbons (Fsp3) is 0.318. The first-order valence-electron chi connectivity index (χ1n) is 9.16. The number of hydrogen-bond acceptors (Lipinski definition) is 5. The second-order valence-corrected chi connectivity index (χ2v) is 6.78. The topological polar surface area (TPSA) is 77.5 Å². The summed E-state index contributed by atoms with van der Waals surface area (Å²) in [5, 5.41) is 2.73. The first-order valence-corrected chi connectivity index (χ1v) is 9.16. The molecule has 1 aromatic carbocycles. The molecule has 148 valence electrons.